The van der Waals surface area contributed by atoms with Gasteiger partial charge in [-0.05, 0) is 36.2 Å². The average molecular weight is 291 g/mol. The lowest BCUT2D eigenvalue weighted by Crippen LogP contribution is -2.34. The van der Waals surface area contributed by atoms with Crippen molar-refractivity contribution < 1.29 is 0 Å². The number of rotatable bonds is 2. The van der Waals surface area contributed by atoms with Crippen LogP contribution < -0.4 is 10.9 Å². The van der Waals surface area contributed by atoms with E-state index in [2.05, 4.69) is 16.4 Å². The zero-order chi connectivity index (χ0) is 14.9. The van der Waals surface area contributed by atoms with E-state index in [1.807, 2.05) is 36.4 Å². The Bertz CT molecular complexity index is 884. The number of nitrogens with zero attached hydrogens (tertiary/aromatic N) is 2. The van der Waals surface area contributed by atoms with Crippen LogP contribution in [0.2, 0.25) is 0 Å². The average Bonchev–Trinajstić information content (AvgIpc) is 2.59. The normalized spacial score (nSPS) is 14.0. The molecule has 0 radical (unpaired) electrons. The Morgan fingerprint density at radius 3 is 2.82 bits per heavy atom. The molecule has 0 unspecified atom stereocenters. The lowest BCUT2D eigenvalue weighted by molar-refractivity contribution is 0.627. The third-order valence-corrected chi connectivity index (χ3v) is 4.27. The molecule has 4 nitrogen and oxygen atoms in total. The van der Waals surface area contributed by atoms with Crippen LogP contribution in [-0.2, 0) is 19.5 Å². The Kier molecular flexibility index (Phi) is 3.24. The monoisotopic (exact) mass is 291 g/mol. The maximum atomic E-state index is 12.9. The maximum absolute atomic E-state index is 12.9. The van der Waals surface area contributed by atoms with Gasteiger partial charge in [-0.2, -0.15) is 0 Å². The fourth-order valence-electron chi connectivity index (χ4n) is 3.21. The zero-order valence-corrected chi connectivity index (χ0v) is 12.2. The number of nitrogens with one attached hydrogen (secondary N) is 1. The van der Waals surface area contributed by atoms with Gasteiger partial charge in [0.15, 0.2) is 0 Å². The van der Waals surface area contributed by atoms with E-state index in [1.165, 1.54) is 0 Å². The van der Waals surface area contributed by atoms with Crippen LogP contribution >= 0.6 is 0 Å². The molecule has 1 aliphatic rings. The van der Waals surface area contributed by atoms with Gasteiger partial charge in [-0.3, -0.25) is 9.36 Å². The van der Waals surface area contributed by atoms with Gasteiger partial charge in [-0.1, -0.05) is 30.3 Å². The molecule has 0 atom stereocenters. The third-order valence-electron chi connectivity index (χ3n) is 4.27. The van der Waals surface area contributed by atoms with Gasteiger partial charge < -0.3 is 5.32 Å². The number of fused-ring (bicyclic) bond motifs is 3. The van der Waals surface area contributed by atoms with E-state index in [-0.39, 0.29) is 5.56 Å². The van der Waals surface area contributed by atoms with Crippen LogP contribution in [0.4, 0.5) is 0 Å². The van der Waals surface area contributed by atoms with Gasteiger partial charge in [-0.15, -0.1) is 0 Å². The predicted octanol–water partition coefficient (Wildman–Crippen LogP) is 2.09. The molecule has 4 rings (SSSR count). The second-order valence-electron chi connectivity index (χ2n) is 5.64. The Morgan fingerprint density at radius 1 is 1.09 bits per heavy atom. The Hall–Kier alpha value is -2.46. The van der Waals surface area contributed by atoms with E-state index in [9.17, 15) is 4.79 Å². The maximum Gasteiger partial charge on any atom is 0.257 e. The van der Waals surface area contributed by atoms with Crippen molar-refractivity contribution in [3.05, 3.63) is 75.7 Å². The standard InChI is InChI=1S/C18H17N3O/c22-18-16-11-19-10-8-14(16)15-7-4-9-20-17(15)21(18)12-13-5-2-1-3-6-13/h1-7,9,19H,8,10-12H2. The van der Waals surface area contributed by atoms with Crippen molar-refractivity contribution in [3.63, 3.8) is 0 Å². The number of hydrogen-bond acceptors (Lipinski definition) is 3. The summed E-state index contributed by atoms with van der Waals surface area (Å²) in [6, 6.07) is 14.1. The Balaban J connectivity index is 1.98. The smallest absolute Gasteiger partial charge is 0.257 e. The second-order valence-corrected chi connectivity index (χ2v) is 5.64. The quantitative estimate of drug-likeness (QED) is 0.786. The highest BCUT2D eigenvalue weighted by Crippen LogP contribution is 2.21. The molecule has 0 amide bonds. The highest BCUT2D eigenvalue weighted by Gasteiger charge is 2.19. The van der Waals surface area contributed by atoms with Crippen LogP contribution in [0.15, 0.2) is 53.5 Å². The minimum atomic E-state index is 0.0808. The molecular formula is C18H17N3O. The van der Waals surface area contributed by atoms with Crippen LogP contribution in [0.25, 0.3) is 11.0 Å². The molecule has 110 valence electrons. The van der Waals surface area contributed by atoms with Gasteiger partial charge in [0.25, 0.3) is 5.56 Å². The predicted molar refractivity (Wildman–Crippen MR) is 87.0 cm³/mol. The number of benzene rings is 1. The lowest BCUT2D eigenvalue weighted by Gasteiger charge is -2.21. The minimum Gasteiger partial charge on any atom is -0.312 e. The highest BCUT2D eigenvalue weighted by atomic mass is 16.1. The molecule has 0 fully saturated rings. The van der Waals surface area contributed by atoms with Gasteiger partial charge in [-0.25, -0.2) is 4.98 Å². The Morgan fingerprint density at radius 2 is 1.95 bits per heavy atom. The van der Waals surface area contributed by atoms with E-state index in [1.54, 1.807) is 10.8 Å². The van der Waals surface area contributed by atoms with Crippen molar-refractivity contribution >= 4 is 11.0 Å². The van der Waals surface area contributed by atoms with Crippen molar-refractivity contribution in [2.45, 2.75) is 19.5 Å². The molecule has 2 aromatic heterocycles. The first-order chi connectivity index (χ1) is 10.8. The highest BCUT2D eigenvalue weighted by molar-refractivity contribution is 5.80. The number of pyridine rings is 2. The first-order valence-electron chi connectivity index (χ1n) is 7.58. The van der Waals surface area contributed by atoms with Gasteiger partial charge in [0.05, 0.1) is 6.54 Å². The van der Waals surface area contributed by atoms with Crippen LogP contribution in [0.5, 0.6) is 0 Å². The van der Waals surface area contributed by atoms with E-state index in [0.717, 1.165) is 40.7 Å². The molecule has 0 bridgehead atoms. The van der Waals surface area contributed by atoms with Gasteiger partial charge in [0.2, 0.25) is 0 Å². The van der Waals surface area contributed by atoms with Crippen LogP contribution in [0.1, 0.15) is 16.7 Å². The van der Waals surface area contributed by atoms with E-state index in [0.29, 0.717) is 13.1 Å². The molecule has 1 aromatic carbocycles. The minimum absolute atomic E-state index is 0.0808. The summed E-state index contributed by atoms with van der Waals surface area (Å²) in [6.45, 7) is 2.12. The first-order valence-corrected chi connectivity index (χ1v) is 7.58. The summed E-state index contributed by atoms with van der Waals surface area (Å²) in [6.07, 6.45) is 2.65. The van der Waals surface area contributed by atoms with E-state index in [4.69, 9.17) is 0 Å². The molecule has 4 heteroatoms. The van der Waals surface area contributed by atoms with Gasteiger partial charge in [0, 0.05) is 23.7 Å². The lowest BCUT2D eigenvalue weighted by atomic mass is 9.98. The van der Waals surface area contributed by atoms with Gasteiger partial charge >= 0.3 is 0 Å². The largest absolute Gasteiger partial charge is 0.312 e. The summed E-state index contributed by atoms with van der Waals surface area (Å²) >= 11 is 0. The molecule has 3 aromatic rings. The molecule has 0 spiro atoms. The molecule has 3 heterocycles. The zero-order valence-electron chi connectivity index (χ0n) is 12.2. The topological polar surface area (TPSA) is 46.9 Å². The molecule has 0 aliphatic carbocycles. The SMILES string of the molecule is O=c1c2c(c3cccnc3n1Cc1ccccc1)CCNC2. The number of hydrogen-bond donors (Lipinski definition) is 1. The molecular weight excluding hydrogens is 274 g/mol. The summed E-state index contributed by atoms with van der Waals surface area (Å²) in [5, 5.41) is 4.41. The summed E-state index contributed by atoms with van der Waals surface area (Å²) in [5.74, 6) is 0. The van der Waals surface area contributed by atoms with Gasteiger partial charge in [0.1, 0.15) is 5.65 Å². The van der Waals surface area contributed by atoms with Crippen molar-refractivity contribution in [2.75, 3.05) is 6.54 Å². The van der Waals surface area contributed by atoms with Crippen LogP contribution in [0, 0.1) is 0 Å². The van der Waals surface area contributed by atoms with E-state index >= 15 is 0 Å². The summed E-state index contributed by atoms with van der Waals surface area (Å²) < 4.78 is 1.80. The third kappa shape index (κ3) is 2.12. The Labute approximate surface area is 128 Å². The molecule has 0 saturated carbocycles. The van der Waals surface area contributed by atoms with Crippen LogP contribution in [0.3, 0.4) is 0 Å². The van der Waals surface area contributed by atoms with Crippen molar-refractivity contribution in [1.29, 1.82) is 0 Å². The fraction of sp³-hybridized carbons (Fsp3) is 0.222. The van der Waals surface area contributed by atoms with Crippen molar-refractivity contribution in [2.24, 2.45) is 0 Å². The summed E-state index contributed by atoms with van der Waals surface area (Å²) in [4.78, 5) is 17.4. The summed E-state index contributed by atoms with van der Waals surface area (Å²) in [7, 11) is 0. The molecule has 1 N–H and O–H groups in total. The summed E-state index contributed by atoms with van der Waals surface area (Å²) in [5.41, 5.74) is 4.04. The molecule has 0 saturated heterocycles. The van der Waals surface area contributed by atoms with Crippen molar-refractivity contribution in [1.82, 2.24) is 14.9 Å². The molecule has 22 heavy (non-hydrogen) atoms. The van der Waals surface area contributed by atoms with E-state index < -0.39 is 0 Å². The van der Waals surface area contributed by atoms with Crippen molar-refractivity contribution in [3.8, 4) is 0 Å². The van der Waals surface area contributed by atoms with Crippen LogP contribution in [-0.4, -0.2) is 16.1 Å². The number of aromatic nitrogens is 2. The molecule has 1 aliphatic heterocycles. The second kappa shape index (κ2) is 5.39. The first kappa shape index (κ1) is 13.2. The fourth-order valence-corrected chi connectivity index (χ4v) is 3.21.